The Morgan fingerprint density at radius 1 is 0.963 bits per heavy atom. The zero-order chi connectivity index (χ0) is 18.6. The normalized spacial score (nSPS) is 15.5. The summed E-state index contributed by atoms with van der Waals surface area (Å²) in [5.41, 5.74) is 2.95. The van der Waals surface area contributed by atoms with Crippen LogP contribution < -0.4 is 10.2 Å². The Kier molecular flexibility index (Phi) is 5.07. The second-order valence-corrected chi connectivity index (χ2v) is 6.91. The summed E-state index contributed by atoms with van der Waals surface area (Å²) in [4.78, 5) is 15.0. The van der Waals surface area contributed by atoms with Crippen LogP contribution in [0.4, 0.5) is 5.69 Å². The van der Waals surface area contributed by atoms with Crippen molar-refractivity contribution in [1.29, 1.82) is 0 Å². The molecule has 138 valence electrons. The van der Waals surface area contributed by atoms with Gasteiger partial charge >= 0.3 is 0 Å². The highest BCUT2D eigenvalue weighted by atomic mass is 16.5. The zero-order valence-electron chi connectivity index (χ0n) is 15.5. The number of fused-ring (bicyclic) bond motifs is 1. The molecule has 1 aliphatic heterocycles. The van der Waals surface area contributed by atoms with Gasteiger partial charge in [0, 0.05) is 24.3 Å². The molecule has 27 heavy (non-hydrogen) atoms. The van der Waals surface area contributed by atoms with Crippen molar-refractivity contribution in [1.82, 2.24) is 5.32 Å². The molecule has 4 rings (SSSR count). The van der Waals surface area contributed by atoms with E-state index in [-0.39, 0.29) is 11.9 Å². The van der Waals surface area contributed by atoms with Gasteiger partial charge in [-0.2, -0.15) is 0 Å². The van der Waals surface area contributed by atoms with Crippen LogP contribution in [0.25, 0.3) is 10.8 Å². The number of hydrogen-bond acceptors (Lipinski definition) is 3. The van der Waals surface area contributed by atoms with Crippen LogP contribution in [0.3, 0.4) is 0 Å². The molecule has 1 amide bonds. The number of carbonyl (C=O) groups excluding carboxylic acids is 1. The van der Waals surface area contributed by atoms with Crippen LogP contribution in [0.1, 0.15) is 28.9 Å². The third kappa shape index (κ3) is 3.81. The topological polar surface area (TPSA) is 41.6 Å². The number of carbonyl (C=O) groups is 1. The van der Waals surface area contributed by atoms with Crippen molar-refractivity contribution in [2.75, 3.05) is 31.2 Å². The lowest BCUT2D eigenvalue weighted by Crippen LogP contribution is -2.36. The van der Waals surface area contributed by atoms with Crippen LogP contribution in [0.2, 0.25) is 0 Å². The van der Waals surface area contributed by atoms with E-state index < -0.39 is 0 Å². The minimum atomic E-state index is -0.0671. The number of hydrogen-bond donors (Lipinski definition) is 1. The summed E-state index contributed by atoms with van der Waals surface area (Å²) in [7, 11) is 0. The Bertz CT molecular complexity index is 925. The second kappa shape index (κ2) is 7.80. The molecule has 0 aromatic heterocycles. The van der Waals surface area contributed by atoms with Crippen molar-refractivity contribution < 1.29 is 9.53 Å². The maximum atomic E-state index is 12.7. The van der Waals surface area contributed by atoms with Gasteiger partial charge < -0.3 is 15.0 Å². The highest BCUT2D eigenvalue weighted by Crippen LogP contribution is 2.24. The standard InChI is InChI=1S/C23H24N2O2/c1-17(21-8-4-6-18-5-2-3-7-22(18)21)24-23(26)19-9-11-20(12-10-19)25-13-15-27-16-14-25/h2-12,17H,13-16H2,1H3,(H,24,26). The molecule has 1 heterocycles. The van der Waals surface area contributed by atoms with E-state index in [0.717, 1.165) is 37.6 Å². The zero-order valence-corrected chi connectivity index (χ0v) is 15.5. The molecule has 1 fully saturated rings. The van der Waals surface area contributed by atoms with Gasteiger partial charge in [0.15, 0.2) is 0 Å². The minimum absolute atomic E-state index is 0.0519. The van der Waals surface area contributed by atoms with E-state index >= 15 is 0 Å². The maximum absolute atomic E-state index is 12.7. The lowest BCUT2D eigenvalue weighted by molar-refractivity contribution is 0.0940. The number of morpholine rings is 1. The molecule has 0 saturated carbocycles. The SMILES string of the molecule is CC(NC(=O)c1ccc(N2CCOCC2)cc1)c1cccc2ccccc12. The number of benzene rings is 3. The molecule has 0 aliphatic carbocycles. The average molecular weight is 360 g/mol. The van der Waals surface area contributed by atoms with Gasteiger partial charge in [-0.1, -0.05) is 42.5 Å². The fraction of sp³-hybridized carbons (Fsp3) is 0.261. The molecule has 4 heteroatoms. The minimum Gasteiger partial charge on any atom is -0.378 e. The summed E-state index contributed by atoms with van der Waals surface area (Å²) >= 11 is 0. The predicted octanol–water partition coefficient (Wildman–Crippen LogP) is 4.17. The van der Waals surface area contributed by atoms with E-state index in [1.54, 1.807) is 0 Å². The first-order valence-electron chi connectivity index (χ1n) is 9.43. The summed E-state index contributed by atoms with van der Waals surface area (Å²) in [5.74, 6) is -0.0519. The number of ether oxygens (including phenoxy) is 1. The van der Waals surface area contributed by atoms with Crippen LogP contribution in [0, 0.1) is 0 Å². The first-order chi connectivity index (χ1) is 13.2. The third-order valence-electron chi connectivity index (χ3n) is 5.14. The van der Waals surface area contributed by atoms with Gasteiger partial charge in [-0.3, -0.25) is 4.79 Å². The lowest BCUT2D eigenvalue weighted by atomic mass is 9.99. The van der Waals surface area contributed by atoms with Crippen molar-refractivity contribution in [2.45, 2.75) is 13.0 Å². The maximum Gasteiger partial charge on any atom is 0.251 e. The average Bonchev–Trinajstić information content (AvgIpc) is 2.74. The Hall–Kier alpha value is -2.85. The van der Waals surface area contributed by atoms with Gasteiger partial charge in [0.25, 0.3) is 5.91 Å². The van der Waals surface area contributed by atoms with Crippen molar-refractivity contribution >= 4 is 22.4 Å². The van der Waals surface area contributed by atoms with Gasteiger partial charge in [-0.25, -0.2) is 0 Å². The summed E-state index contributed by atoms with van der Waals surface area (Å²) in [6.07, 6.45) is 0. The second-order valence-electron chi connectivity index (χ2n) is 6.91. The van der Waals surface area contributed by atoms with Crippen molar-refractivity contribution in [3.63, 3.8) is 0 Å². The Morgan fingerprint density at radius 3 is 2.44 bits per heavy atom. The molecule has 1 N–H and O–H groups in total. The monoisotopic (exact) mass is 360 g/mol. The van der Waals surface area contributed by atoms with Crippen LogP contribution in [0.15, 0.2) is 66.7 Å². The van der Waals surface area contributed by atoms with Gasteiger partial charge in [0.2, 0.25) is 0 Å². The Morgan fingerprint density at radius 2 is 1.67 bits per heavy atom. The largest absolute Gasteiger partial charge is 0.378 e. The highest BCUT2D eigenvalue weighted by molar-refractivity contribution is 5.95. The first-order valence-corrected chi connectivity index (χ1v) is 9.43. The smallest absolute Gasteiger partial charge is 0.251 e. The number of rotatable bonds is 4. The first kappa shape index (κ1) is 17.6. The Balaban J connectivity index is 1.48. The molecule has 1 saturated heterocycles. The van der Waals surface area contributed by atoms with E-state index in [2.05, 4.69) is 34.5 Å². The molecule has 0 radical (unpaired) electrons. The molecule has 3 aromatic rings. The molecule has 4 nitrogen and oxygen atoms in total. The summed E-state index contributed by atoms with van der Waals surface area (Å²) in [6, 6.07) is 22.2. The quantitative estimate of drug-likeness (QED) is 0.759. The van der Waals surface area contributed by atoms with E-state index in [9.17, 15) is 4.79 Å². The fourth-order valence-electron chi connectivity index (χ4n) is 3.63. The van der Waals surface area contributed by atoms with E-state index in [1.165, 1.54) is 10.8 Å². The van der Waals surface area contributed by atoms with Gasteiger partial charge in [0.05, 0.1) is 19.3 Å². The summed E-state index contributed by atoms with van der Waals surface area (Å²) < 4.78 is 5.39. The number of nitrogens with zero attached hydrogens (tertiary/aromatic N) is 1. The third-order valence-corrected chi connectivity index (χ3v) is 5.14. The van der Waals surface area contributed by atoms with E-state index in [0.29, 0.717) is 5.56 Å². The summed E-state index contributed by atoms with van der Waals surface area (Å²) in [5, 5.41) is 5.49. The molecular weight excluding hydrogens is 336 g/mol. The Labute approximate surface area is 159 Å². The van der Waals surface area contributed by atoms with E-state index in [4.69, 9.17) is 4.74 Å². The molecule has 0 bridgehead atoms. The molecule has 1 aliphatic rings. The van der Waals surface area contributed by atoms with Crippen molar-refractivity contribution in [2.24, 2.45) is 0 Å². The highest BCUT2D eigenvalue weighted by Gasteiger charge is 2.15. The van der Waals surface area contributed by atoms with Crippen LogP contribution in [0.5, 0.6) is 0 Å². The van der Waals surface area contributed by atoms with Crippen molar-refractivity contribution in [3.05, 3.63) is 77.9 Å². The van der Waals surface area contributed by atoms with Gasteiger partial charge in [0.1, 0.15) is 0 Å². The van der Waals surface area contributed by atoms with E-state index in [1.807, 2.05) is 49.4 Å². The van der Waals surface area contributed by atoms with Crippen LogP contribution in [-0.4, -0.2) is 32.2 Å². The summed E-state index contributed by atoms with van der Waals surface area (Å²) in [6.45, 7) is 5.32. The van der Waals surface area contributed by atoms with Gasteiger partial charge in [-0.15, -0.1) is 0 Å². The van der Waals surface area contributed by atoms with Gasteiger partial charge in [-0.05, 0) is 47.5 Å². The number of nitrogens with one attached hydrogen (secondary N) is 1. The van der Waals surface area contributed by atoms with Crippen LogP contribution >= 0.6 is 0 Å². The lowest BCUT2D eigenvalue weighted by Gasteiger charge is -2.28. The molecule has 1 unspecified atom stereocenters. The van der Waals surface area contributed by atoms with Crippen LogP contribution in [-0.2, 0) is 4.74 Å². The molecule has 3 aromatic carbocycles. The van der Waals surface area contributed by atoms with Crippen molar-refractivity contribution in [3.8, 4) is 0 Å². The molecule has 0 spiro atoms. The molecule has 1 atom stereocenters. The number of anilines is 1. The predicted molar refractivity (Wildman–Crippen MR) is 109 cm³/mol. The number of amides is 1. The fourth-order valence-corrected chi connectivity index (χ4v) is 3.63. The molecular formula is C23H24N2O2.